The van der Waals surface area contributed by atoms with Crippen LogP contribution in [0, 0.1) is 19.8 Å². The van der Waals surface area contributed by atoms with Gasteiger partial charge in [-0.2, -0.15) is 5.10 Å². The molecule has 1 N–H and O–H groups in total. The van der Waals surface area contributed by atoms with Crippen LogP contribution in [0.25, 0.3) is 0 Å². The number of imide groups is 1. The van der Waals surface area contributed by atoms with Gasteiger partial charge in [-0.05, 0) is 26.2 Å². The fourth-order valence-electron chi connectivity index (χ4n) is 2.85. The Balaban J connectivity index is 1.78. The molecule has 1 saturated heterocycles. The van der Waals surface area contributed by atoms with Gasteiger partial charge in [-0.1, -0.05) is 19.0 Å². The van der Waals surface area contributed by atoms with Crippen molar-refractivity contribution in [3.8, 4) is 0 Å². The standard InChI is InChI=1S/C16H21N5O3/c1-9(2)5-14-15(22)21(16(23)18-14)12-6-17-20(7-12)8-13-10(3)19-24-11(13)4/h6-7,9,14H,5,8H2,1-4H3,(H,18,23). The van der Waals surface area contributed by atoms with Gasteiger partial charge in [-0.15, -0.1) is 0 Å². The largest absolute Gasteiger partial charge is 0.361 e. The number of aryl methyl sites for hydroxylation is 2. The SMILES string of the molecule is Cc1noc(C)c1Cn1cc(N2C(=O)NC(CC(C)C)C2=O)cn1. The van der Waals surface area contributed by atoms with Crippen molar-refractivity contribution in [2.75, 3.05) is 4.90 Å². The first kappa shape index (κ1) is 16.2. The molecule has 1 unspecified atom stereocenters. The predicted octanol–water partition coefficient (Wildman–Crippen LogP) is 2.01. The van der Waals surface area contributed by atoms with Crippen LogP contribution in [0.15, 0.2) is 16.9 Å². The molecule has 24 heavy (non-hydrogen) atoms. The van der Waals surface area contributed by atoms with Crippen molar-refractivity contribution in [1.82, 2.24) is 20.3 Å². The van der Waals surface area contributed by atoms with Crippen LogP contribution < -0.4 is 10.2 Å². The van der Waals surface area contributed by atoms with E-state index in [2.05, 4.69) is 15.6 Å². The number of hydrogen-bond donors (Lipinski definition) is 1. The minimum Gasteiger partial charge on any atom is -0.361 e. The molecule has 1 fully saturated rings. The Morgan fingerprint density at radius 3 is 2.71 bits per heavy atom. The molecule has 0 aliphatic carbocycles. The molecule has 0 radical (unpaired) electrons. The van der Waals surface area contributed by atoms with Crippen LogP contribution in [-0.2, 0) is 11.3 Å². The maximum atomic E-state index is 12.5. The second-order valence-electron chi connectivity index (χ2n) is 6.50. The summed E-state index contributed by atoms with van der Waals surface area (Å²) in [4.78, 5) is 25.8. The zero-order chi connectivity index (χ0) is 17.4. The Bertz CT molecular complexity index is 757. The van der Waals surface area contributed by atoms with E-state index in [1.54, 1.807) is 10.9 Å². The van der Waals surface area contributed by atoms with Crippen LogP contribution >= 0.6 is 0 Å². The average Bonchev–Trinajstić information content (AvgIpc) is 3.15. The molecule has 0 bridgehead atoms. The molecule has 3 rings (SSSR count). The predicted molar refractivity (Wildman–Crippen MR) is 86.6 cm³/mol. The quantitative estimate of drug-likeness (QED) is 0.846. The fourth-order valence-corrected chi connectivity index (χ4v) is 2.85. The third-order valence-corrected chi connectivity index (χ3v) is 4.11. The molecule has 3 heterocycles. The highest BCUT2D eigenvalue weighted by Crippen LogP contribution is 2.22. The topological polar surface area (TPSA) is 93.3 Å². The van der Waals surface area contributed by atoms with Gasteiger partial charge in [-0.25, -0.2) is 9.69 Å². The molecular formula is C16H21N5O3. The van der Waals surface area contributed by atoms with Gasteiger partial charge in [-0.3, -0.25) is 9.48 Å². The molecule has 2 aromatic heterocycles. The Hall–Kier alpha value is -2.64. The summed E-state index contributed by atoms with van der Waals surface area (Å²) in [5.41, 5.74) is 2.21. The number of amides is 3. The number of anilines is 1. The lowest BCUT2D eigenvalue weighted by atomic mass is 10.0. The lowest BCUT2D eigenvalue weighted by Gasteiger charge is -2.11. The first-order valence-corrected chi connectivity index (χ1v) is 7.95. The lowest BCUT2D eigenvalue weighted by Crippen LogP contribution is -2.31. The van der Waals surface area contributed by atoms with Crippen molar-refractivity contribution in [3.63, 3.8) is 0 Å². The number of aromatic nitrogens is 3. The van der Waals surface area contributed by atoms with Crippen molar-refractivity contribution in [2.24, 2.45) is 5.92 Å². The van der Waals surface area contributed by atoms with Gasteiger partial charge in [0, 0.05) is 11.8 Å². The summed E-state index contributed by atoms with van der Waals surface area (Å²) in [6, 6.07) is -0.869. The van der Waals surface area contributed by atoms with Crippen molar-refractivity contribution < 1.29 is 14.1 Å². The fraction of sp³-hybridized carbons (Fsp3) is 0.500. The molecule has 3 amide bonds. The van der Waals surface area contributed by atoms with Crippen molar-refractivity contribution >= 4 is 17.6 Å². The molecule has 8 heteroatoms. The Kier molecular flexibility index (Phi) is 4.13. The maximum absolute atomic E-state index is 12.5. The molecule has 1 atom stereocenters. The van der Waals surface area contributed by atoms with Crippen molar-refractivity contribution in [3.05, 3.63) is 29.4 Å². The number of hydrogen-bond acceptors (Lipinski definition) is 5. The van der Waals surface area contributed by atoms with Crippen LogP contribution in [0.2, 0.25) is 0 Å². The Morgan fingerprint density at radius 1 is 1.33 bits per heavy atom. The van der Waals surface area contributed by atoms with E-state index in [9.17, 15) is 9.59 Å². The Morgan fingerprint density at radius 2 is 2.08 bits per heavy atom. The van der Waals surface area contributed by atoms with E-state index in [1.165, 1.54) is 6.20 Å². The van der Waals surface area contributed by atoms with Crippen LogP contribution in [-0.4, -0.2) is 32.9 Å². The van der Waals surface area contributed by atoms with E-state index in [0.29, 0.717) is 24.6 Å². The van der Waals surface area contributed by atoms with E-state index in [-0.39, 0.29) is 5.91 Å². The molecular weight excluding hydrogens is 310 g/mol. The first-order valence-electron chi connectivity index (χ1n) is 7.95. The monoisotopic (exact) mass is 331 g/mol. The highest BCUT2D eigenvalue weighted by Gasteiger charge is 2.39. The smallest absolute Gasteiger partial charge is 0.329 e. The zero-order valence-corrected chi connectivity index (χ0v) is 14.2. The number of carbonyl (C=O) groups excluding carboxylic acids is 2. The normalized spacial score (nSPS) is 17.9. The van der Waals surface area contributed by atoms with E-state index >= 15 is 0 Å². The van der Waals surface area contributed by atoms with Crippen molar-refractivity contribution in [1.29, 1.82) is 0 Å². The molecule has 8 nitrogen and oxygen atoms in total. The number of rotatable bonds is 5. The van der Waals surface area contributed by atoms with E-state index in [4.69, 9.17) is 4.52 Å². The van der Waals surface area contributed by atoms with E-state index in [0.717, 1.165) is 21.9 Å². The summed E-state index contributed by atoms with van der Waals surface area (Å²) in [6.45, 7) is 8.21. The number of nitrogens with zero attached hydrogens (tertiary/aromatic N) is 4. The Labute approximate surface area is 139 Å². The summed E-state index contributed by atoms with van der Waals surface area (Å²) >= 11 is 0. The van der Waals surface area contributed by atoms with Gasteiger partial charge < -0.3 is 9.84 Å². The summed E-state index contributed by atoms with van der Waals surface area (Å²) in [6.07, 6.45) is 3.82. The van der Waals surface area contributed by atoms with Gasteiger partial charge in [0.1, 0.15) is 11.8 Å². The number of carbonyl (C=O) groups is 2. The molecule has 0 aromatic carbocycles. The summed E-state index contributed by atoms with van der Waals surface area (Å²) in [7, 11) is 0. The van der Waals surface area contributed by atoms with Crippen LogP contribution in [0.5, 0.6) is 0 Å². The van der Waals surface area contributed by atoms with Gasteiger partial charge in [0.05, 0.1) is 24.1 Å². The number of urea groups is 1. The highest BCUT2D eigenvalue weighted by molar-refractivity contribution is 6.21. The summed E-state index contributed by atoms with van der Waals surface area (Å²) in [5, 5.41) is 10.9. The van der Waals surface area contributed by atoms with Crippen LogP contribution in [0.4, 0.5) is 10.5 Å². The molecule has 128 valence electrons. The first-order chi connectivity index (χ1) is 11.4. The minimum atomic E-state index is -0.469. The highest BCUT2D eigenvalue weighted by atomic mass is 16.5. The molecule has 2 aromatic rings. The van der Waals surface area contributed by atoms with Crippen LogP contribution in [0.3, 0.4) is 0 Å². The van der Waals surface area contributed by atoms with Gasteiger partial charge in [0.15, 0.2) is 0 Å². The van der Waals surface area contributed by atoms with E-state index in [1.807, 2.05) is 27.7 Å². The summed E-state index contributed by atoms with van der Waals surface area (Å²) in [5.74, 6) is 0.823. The van der Waals surface area contributed by atoms with Gasteiger partial charge in [0.2, 0.25) is 0 Å². The minimum absolute atomic E-state index is 0.231. The lowest BCUT2D eigenvalue weighted by molar-refractivity contribution is -0.118. The van der Waals surface area contributed by atoms with Crippen molar-refractivity contribution in [2.45, 2.75) is 46.7 Å². The summed E-state index contributed by atoms with van der Waals surface area (Å²) < 4.78 is 6.80. The second-order valence-corrected chi connectivity index (χ2v) is 6.50. The van der Waals surface area contributed by atoms with Gasteiger partial charge >= 0.3 is 6.03 Å². The maximum Gasteiger partial charge on any atom is 0.329 e. The van der Waals surface area contributed by atoms with E-state index < -0.39 is 12.1 Å². The second kappa shape index (κ2) is 6.10. The third-order valence-electron chi connectivity index (χ3n) is 4.11. The van der Waals surface area contributed by atoms with Crippen LogP contribution in [0.1, 0.15) is 37.3 Å². The molecule has 1 aliphatic heterocycles. The molecule has 0 saturated carbocycles. The molecule has 1 aliphatic rings. The number of nitrogens with one attached hydrogen (secondary N) is 1. The van der Waals surface area contributed by atoms with Gasteiger partial charge in [0.25, 0.3) is 5.91 Å². The molecule has 0 spiro atoms. The zero-order valence-electron chi connectivity index (χ0n) is 14.2. The average molecular weight is 331 g/mol. The third kappa shape index (κ3) is 2.91.